The molecule has 2 aliphatic heterocycles. The number of rotatable bonds is 6. The van der Waals surface area contributed by atoms with Gasteiger partial charge in [0.2, 0.25) is 21.8 Å². The number of carbonyl (C=O) groups is 2. The van der Waals surface area contributed by atoms with Gasteiger partial charge < -0.3 is 10.6 Å². The molecule has 176 valence electrons. The molecule has 0 saturated carbocycles. The highest BCUT2D eigenvalue weighted by atomic mass is 32.2. The van der Waals surface area contributed by atoms with Crippen molar-refractivity contribution in [3.8, 4) is 0 Å². The molecule has 33 heavy (non-hydrogen) atoms. The fraction of sp³-hybridized carbons (Fsp3) is 0.417. The Morgan fingerprint density at radius 2 is 1.85 bits per heavy atom. The van der Waals surface area contributed by atoms with Gasteiger partial charge in [-0.15, -0.1) is 11.8 Å². The highest BCUT2D eigenvalue weighted by Crippen LogP contribution is 2.37. The van der Waals surface area contributed by atoms with Gasteiger partial charge in [0.15, 0.2) is 0 Å². The van der Waals surface area contributed by atoms with Gasteiger partial charge in [0, 0.05) is 30.4 Å². The average Bonchev–Trinajstić information content (AvgIpc) is 2.81. The number of carbonyl (C=O) groups excluding carboxylic acids is 2. The van der Waals surface area contributed by atoms with E-state index in [4.69, 9.17) is 0 Å². The molecule has 0 bridgehead atoms. The van der Waals surface area contributed by atoms with Gasteiger partial charge in [-0.3, -0.25) is 9.59 Å². The number of thioether (sulfide) groups is 1. The van der Waals surface area contributed by atoms with Gasteiger partial charge >= 0.3 is 0 Å². The van der Waals surface area contributed by atoms with Crippen LogP contribution >= 0.6 is 11.8 Å². The second-order valence-electron chi connectivity index (χ2n) is 8.61. The Bertz CT molecular complexity index is 1140. The monoisotopic (exact) mass is 487 g/mol. The molecule has 2 amide bonds. The predicted octanol–water partition coefficient (Wildman–Crippen LogP) is 3.19. The van der Waals surface area contributed by atoms with Crippen molar-refractivity contribution in [3.05, 3.63) is 53.6 Å². The molecule has 2 N–H and O–H groups in total. The summed E-state index contributed by atoms with van der Waals surface area (Å²) in [5.74, 6) is -0.326. The van der Waals surface area contributed by atoms with Crippen LogP contribution in [0.25, 0.3) is 0 Å². The van der Waals surface area contributed by atoms with Crippen LogP contribution in [0.2, 0.25) is 0 Å². The SMILES string of the molecule is Cc1ccc(CCNC(=O)C2CCN(S(=O)(=O)c3ccc4c(c3)NC(=O)[C@H](C)S4)CC2)cc1. The molecule has 9 heteroatoms. The molecule has 1 atom stereocenters. The Hall–Kier alpha value is -2.36. The molecule has 0 aliphatic carbocycles. The first kappa shape index (κ1) is 23.8. The third kappa shape index (κ3) is 5.42. The van der Waals surface area contributed by atoms with E-state index in [-0.39, 0.29) is 27.9 Å². The first-order valence-electron chi connectivity index (χ1n) is 11.2. The number of anilines is 1. The lowest BCUT2D eigenvalue weighted by atomic mass is 9.97. The number of aryl methyl sites for hydroxylation is 1. The number of nitrogens with one attached hydrogen (secondary N) is 2. The van der Waals surface area contributed by atoms with Crippen LogP contribution in [0.4, 0.5) is 5.69 Å². The van der Waals surface area contributed by atoms with Crippen LogP contribution in [-0.2, 0) is 26.0 Å². The molecule has 2 aromatic carbocycles. The maximum absolute atomic E-state index is 13.2. The summed E-state index contributed by atoms with van der Waals surface area (Å²) >= 11 is 1.42. The lowest BCUT2D eigenvalue weighted by molar-refractivity contribution is -0.126. The van der Waals surface area contributed by atoms with Gasteiger partial charge in [-0.05, 0) is 56.9 Å². The molecule has 7 nitrogen and oxygen atoms in total. The number of amides is 2. The summed E-state index contributed by atoms with van der Waals surface area (Å²) in [6.45, 7) is 5.02. The molecule has 0 unspecified atom stereocenters. The molecule has 0 aromatic heterocycles. The Balaban J connectivity index is 1.31. The number of sulfonamides is 1. The third-order valence-electron chi connectivity index (χ3n) is 6.18. The molecule has 2 heterocycles. The Morgan fingerprint density at radius 1 is 1.15 bits per heavy atom. The van der Waals surface area contributed by atoms with Crippen LogP contribution in [0.5, 0.6) is 0 Å². The lowest BCUT2D eigenvalue weighted by Gasteiger charge is -2.31. The zero-order valence-electron chi connectivity index (χ0n) is 18.8. The van der Waals surface area contributed by atoms with E-state index in [2.05, 4.69) is 34.9 Å². The molecule has 1 saturated heterocycles. The Kier molecular flexibility index (Phi) is 7.11. The van der Waals surface area contributed by atoms with E-state index in [1.807, 2.05) is 13.8 Å². The minimum absolute atomic E-state index is 0.0122. The maximum Gasteiger partial charge on any atom is 0.243 e. The van der Waals surface area contributed by atoms with E-state index in [1.54, 1.807) is 12.1 Å². The molecule has 2 aromatic rings. The summed E-state index contributed by atoms with van der Waals surface area (Å²) < 4.78 is 27.7. The quantitative estimate of drug-likeness (QED) is 0.653. The van der Waals surface area contributed by atoms with E-state index in [9.17, 15) is 18.0 Å². The zero-order chi connectivity index (χ0) is 23.6. The Labute approximate surface area is 199 Å². The van der Waals surface area contributed by atoms with Crippen molar-refractivity contribution in [2.24, 2.45) is 5.92 Å². The number of hydrogen-bond donors (Lipinski definition) is 2. The van der Waals surface area contributed by atoms with Crippen molar-refractivity contribution in [2.45, 2.75) is 48.2 Å². The molecular weight excluding hydrogens is 458 g/mol. The first-order chi connectivity index (χ1) is 15.7. The highest BCUT2D eigenvalue weighted by Gasteiger charge is 2.33. The maximum atomic E-state index is 13.2. The smallest absolute Gasteiger partial charge is 0.243 e. The zero-order valence-corrected chi connectivity index (χ0v) is 20.5. The third-order valence-corrected chi connectivity index (χ3v) is 9.25. The van der Waals surface area contributed by atoms with Gasteiger partial charge in [0.1, 0.15) is 0 Å². The number of piperidine rings is 1. The predicted molar refractivity (Wildman–Crippen MR) is 130 cm³/mol. The van der Waals surface area contributed by atoms with Crippen molar-refractivity contribution >= 4 is 39.3 Å². The summed E-state index contributed by atoms with van der Waals surface area (Å²) in [6, 6.07) is 13.1. The number of benzene rings is 2. The van der Waals surface area contributed by atoms with Crippen molar-refractivity contribution in [2.75, 3.05) is 25.0 Å². The van der Waals surface area contributed by atoms with Gasteiger partial charge in [-0.25, -0.2) is 8.42 Å². The molecule has 0 radical (unpaired) electrons. The van der Waals surface area contributed by atoms with E-state index in [1.165, 1.54) is 33.3 Å². The van der Waals surface area contributed by atoms with Gasteiger partial charge in [0.05, 0.1) is 15.8 Å². The van der Waals surface area contributed by atoms with E-state index < -0.39 is 10.0 Å². The van der Waals surface area contributed by atoms with Crippen LogP contribution in [-0.4, -0.2) is 49.4 Å². The second-order valence-corrected chi connectivity index (χ2v) is 11.9. The van der Waals surface area contributed by atoms with Gasteiger partial charge in [0.25, 0.3) is 0 Å². The van der Waals surface area contributed by atoms with Gasteiger partial charge in [-0.2, -0.15) is 4.31 Å². The second kappa shape index (κ2) is 9.87. The van der Waals surface area contributed by atoms with Crippen LogP contribution < -0.4 is 10.6 Å². The van der Waals surface area contributed by atoms with Crippen LogP contribution in [0, 0.1) is 12.8 Å². The fourth-order valence-corrected chi connectivity index (χ4v) is 6.51. The summed E-state index contributed by atoms with van der Waals surface area (Å²) in [4.78, 5) is 25.6. The largest absolute Gasteiger partial charge is 0.356 e. The summed E-state index contributed by atoms with van der Waals surface area (Å²) in [6.07, 6.45) is 1.75. The minimum Gasteiger partial charge on any atom is -0.356 e. The standard InChI is InChI=1S/C24H29N3O4S2/c1-16-3-5-18(6-4-16)9-12-25-24(29)19-10-13-27(14-11-19)33(30,31)20-7-8-22-21(15-20)26-23(28)17(2)32-22/h3-8,15,17,19H,9-14H2,1-2H3,(H,25,29)(H,26,28)/t17-/m0/s1. The fourth-order valence-electron chi connectivity index (χ4n) is 4.08. The van der Waals surface area contributed by atoms with Gasteiger partial charge in [-0.1, -0.05) is 29.8 Å². The first-order valence-corrected chi connectivity index (χ1v) is 13.5. The van der Waals surface area contributed by atoms with Crippen LogP contribution in [0.1, 0.15) is 30.9 Å². The van der Waals surface area contributed by atoms with Crippen molar-refractivity contribution in [1.29, 1.82) is 0 Å². The van der Waals surface area contributed by atoms with Crippen molar-refractivity contribution in [1.82, 2.24) is 9.62 Å². The molecule has 2 aliphatic rings. The van der Waals surface area contributed by atoms with Crippen LogP contribution in [0.15, 0.2) is 52.3 Å². The van der Waals surface area contributed by atoms with E-state index >= 15 is 0 Å². The van der Waals surface area contributed by atoms with Crippen LogP contribution in [0.3, 0.4) is 0 Å². The van der Waals surface area contributed by atoms with E-state index in [0.717, 1.165) is 11.3 Å². The summed E-state index contributed by atoms with van der Waals surface area (Å²) in [5.41, 5.74) is 2.92. The summed E-state index contributed by atoms with van der Waals surface area (Å²) in [5, 5.41) is 5.57. The molecule has 0 spiro atoms. The molecular formula is C24H29N3O4S2. The van der Waals surface area contributed by atoms with Crippen molar-refractivity contribution in [3.63, 3.8) is 0 Å². The summed E-state index contributed by atoms with van der Waals surface area (Å²) in [7, 11) is -3.69. The topological polar surface area (TPSA) is 95.6 Å². The molecule has 1 fully saturated rings. The number of fused-ring (bicyclic) bond motifs is 1. The highest BCUT2D eigenvalue weighted by molar-refractivity contribution is 8.01. The number of hydrogen-bond acceptors (Lipinski definition) is 5. The van der Waals surface area contributed by atoms with Crippen molar-refractivity contribution < 1.29 is 18.0 Å². The lowest BCUT2D eigenvalue weighted by Crippen LogP contribution is -2.43. The number of nitrogens with zero attached hydrogens (tertiary/aromatic N) is 1. The normalized spacial score (nSPS) is 19.6. The minimum atomic E-state index is -3.69. The van der Waals surface area contributed by atoms with E-state index in [0.29, 0.717) is 38.2 Å². The average molecular weight is 488 g/mol. The Morgan fingerprint density at radius 3 is 2.55 bits per heavy atom. The molecule has 4 rings (SSSR count).